The first-order chi connectivity index (χ1) is 10.4. The Bertz CT molecular complexity index is 680. The first-order valence-electron chi connectivity index (χ1n) is 7.63. The fourth-order valence-electron chi connectivity index (χ4n) is 3.34. The van der Waals surface area contributed by atoms with Crippen molar-refractivity contribution in [3.63, 3.8) is 0 Å². The molecule has 0 aromatic carbocycles. The van der Waals surface area contributed by atoms with E-state index in [9.17, 15) is 12.8 Å². The van der Waals surface area contributed by atoms with Crippen LogP contribution in [0.15, 0.2) is 0 Å². The molecule has 22 heavy (non-hydrogen) atoms. The molecule has 0 amide bonds. The van der Waals surface area contributed by atoms with Crippen molar-refractivity contribution in [1.82, 2.24) is 14.3 Å². The highest BCUT2D eigenvalue weighted by Gasteiger charge is 2.37. The number of halogens is 1. The summed E-state index contributed by atoms with van der Waals surface area (Å²) >= 11 is 0. The van der Waals surface area contributed by atoms with Gasteiger partial charge in [0.15, 0.2) is 11.6 Å². The average Bonchev–Trinajstić information content (AvgIpc) is 2.82. The zero-order chi connectivity index (χ0) is 15.9. The fourth-order valence-corrected chi connectivity index (χ4v) is 5.10. The van der Waals surface area contributed by atoms with Crippen molar-refractivity contribution < 1.29 is 12.8 Å². The Morgan fingerprint density at radius 1 is 1.18 bits per heavy atom. The lowest BCUT2D eigenvalue weighted by Gasteiger charge is -2.37. The molecule has 1 atom stereocenters. The topological polar surface area (TPSA) is 66.4 Å². The first-order valence-corrected chi connectivity index (χ1v) is 9.24. The summed E-state index contributed by atoms with van der Waals surface area (Å²) in [4.78, 5) is 10.1. The molecule has 2 aliphatic heterocycles. The van der Waals surface area contributed by atoms with E-state index < -0.39 is 15.8 Å². The Kier molecular flexibility index (Phi) is 4.07. The van der Waals surface area contributed by atoms with E-state index in [0.29, 0.717) is 43.4 Å². The molecule has 8 heteroatoms. The lowest BCUT2D eigenvalue weighted by Crippen LogP contribution is -2.49. The molecule has 3 rings (SSSR count). The summed E-state index contributed by atoms with van der Waals surface area (Å²) < 4.78 is 40.1. The van der Waals surface area contributed by atoms with Gasteiger partial charge in [-0.05, 0) is 33.1 Å². The van der Waals surface area contributed by atoms with Gasteiger partial charge in [-0.15, -0.1) is 0 Å². The highest BCUT2D eigenvalue weighted by Crippen LogP contribution is 2.27. The molecule has 3 heterocycles. The van der Waals surface area contributed by atoms with E-state index in [2.05, 4.69) is 9.97 Å². The van der Waals surface area contributed by atoms with Crippen molar-refractivity contribution in [2.45, 2.75) is 39.2 Å². The van der Waals surface area contributed by atoms with Crippen molar-refractivity contribution >= 4 is 15.8 Å². The Balaban J connectivity index is 1.85. The van der Waals surface area contributed by atoms with Crippen LogP contribution in [0.1, 0.15) is 30.8 Å². The molecule has 0 N–H and O–H groups in total. The van der Waals surface area contributed by atoms with Gasteiger partial charge in [0.1, 0.15) is 5.82 Å². The molecule has 0 aliphatic carbocycles. The summed E-state index contributed by atoms with van der Waals surface area (Å²) in [6.07, 6.45) is 2.33. The Hall–Kier alpha value is -1.28. The van der Waals surface area contributed by atoms with Crippen LogP contribution in [0.5, 0.6) is 0 Å². The van der Waals surface area contributed by atoms with E-state index in [1.807, 2.05) is 4.90 Å². The van der Waals surface area contributed by atoms with Crippen LogP contribution in [-0.4, -0.2) is 54.1 Å². The number of piperidine rings is 1. The molecule has 0 spiro atoms. The number of hydrogen-bond donors (Lipinski definition) is 0. The number of nitrogens with zero attached hydrogens (tertiary/aromatic N) is 4. The average molecular weight is 328 g/mol. The standard InChI is InChI=1S/C14H21FN4O2S/c1-10-13(15)14(17-11(2)16-10)18-6-3-5-12(9-18)19-7-4-8-22(19,20)21/h12H,3-9H2,1-2H3. The number of anilines is 1. The predicted molar refractivity (Wildman–Crippen MR) is 81.8 cm³/mol. The lowest BCUT2D eigenvalue weighted by molar-refractivity contribution is 0.297. The molecule has 6 nitrogen and oxygen atoms in total. The predicted octanol–water partition coefficient (Wildman–Crippen LogP) is 1.24. The van der Waals surface area contributed by atoms with Gasteiger partial charge in [0.2, 0.25) is 10.0 Å². The van der Waals surface area contributed by atoms with Gasteiger partial charge < -0.3 is 4.90 Å². The van der Waals surface area contributed by atoms with Crippen LogP contribution >= 0.6 is 0 Å². The van der Waals surface area contributed by atoms with Crippen molar-refractivity contribution in [3.8, 4) is 0 Å². The van der Waals surface area contributed by atoms with E-state index in [4.69, 9.17) is 0 Å². The number of rotatable bonds is 2. The molecular weight excluding hydrogens is 307 g/mol. The summed E-state index contributed by atoms with van der Waals surface area (Å²) in [5, 5.41) is 0. The first kappa shape index (κ1) is 15.6. The van der Waals surface area contributed by atoms with E-state index in [-0.39, 0.29) is 11.8 Å². The molecule has 2 fully saturated rings. The van der Waals surface area contributed by atoms with E-state index >= 15 is 0 Å². The van der Waals surface area contributed by atoms with E-state index in [1.54, 1.807) is 18.2 Å². The van der Waals surface area contributed by atoms with Crippen molar-refractivity contribution in [2.75, 3.05) is 30.3 Å². The van der Waals surface area contributed by atoms with Crippen molar-refractivity contribution in [2.24, 2.45) is 0 Å². The minimum atomic E-state index is -3.14. The van der Waals surface area contributed by atoms with Gasteiger partial charge in [0.05, 0.1) is 11.4 Å². The normalized spacial score (nSPS) is 25.6. The molecule has 2 saturated heterocycles. The molecule has 1 aromatic heterocycles. The van der Waals surface area contributed by atoms with E-state index in [1.165, 1.54) is 0 Å². The van der Waals surface area contributed by atoms with Crippen LogP contribution in [-0.2, 0) is 10.0 Å². The summed E-state index contributed by atoms with van der Waals surface area (Å²) in [6, 6.07) is -0.0868. The van der Waals surface area contributed by atoms with Gasteiger partial charge in [-0.25, -0.2) is 22.8 Å². The Labute approximate surface area is 130 Å². The monoisotopic (exact) mass is 328 g/mol. The smallest absolute Gasteiger partial charge is 0.214 e. The maximum absolute atomic E-state index is 14.3. The SMILES string of the molecule is Cc1nc(C)c(F)c(N2CCCC(N3CCCS3(=O)=O)C2)n1. The molecule has 1 unspecified atom stereocenters. The molecule has 122 valence electrons. The molecule has 0 radical (unpaired) electrons. The van der Waals surface area contributed by atoms with Gasteiger partial charge in [-0.3, -0.25) is 0 Å². The maximum Gasteiger partial charge on any atom is 0.214 e. The maximum atomic E-state index is 14.3. The summed E-state index contributed by atoms with van der Waals surface area (Å²) in [5.41, 5.74) is 0.332. The molecular formula is C14H21FN4O2S. The Morgan fingerprint density at radius 2 is 1.95 bits per heavy atom. The van der Waals surface area contributed by atoms with Crippen LogP contribution in [0.2, 0.25) is 0 Å². The quantitative estimate of drug-likeness (QED) is 0.817. The summed E-state index contributed by atoms with van der Waals surface area (Å²) in [5.74, 6) is 0.649. The minimum Gasteiger partial charge on any atom is -0.352 e. The second-order valence-electron chi connectivity index (χ2n) is 6.02. The second-order valence-corrected chi connectivity index (χ2v) is 8.06. The fraction of sp³-hybridized carbons (Fsp3) is 0.714. The lowest BCUT2D eigenvalue weighted by atomic mass is 10.1. The zero-order valence-electron chi connectivity index (χ0n) is 12.9. The molecule has 0 saturated carbocycles. The number of aromatic nitrogens is 2. The third kappa shape index (κ3) is 2.81. The van der Waals surface area contributed by atoms with Crippen LogP contribution in [0.4, 0.5) is 10.2 Å². The summed E-state index contributed by atoms with van der Waals surface area (Å²) in [6.45, 7) is 5.12. The van der Waals surface area contributed by atoms with Gasteiger partial charge in [-0.2, -0.15) is 4.31 Å². The Morgan fingerprint density at radius 3 is 2.64 bits per heavy atom. The van der Waals surface area contributed by atoms with E-state index in [0.717, 1.165) is 12.8 Å². The van der Waals surface area contributed by atoms with Gasteiger partial charge in [0, 0.05) is 25.7 Å². The summed E-state index contributed by atoms with van der Waals surface area (Å²) in [7, 11) is -3.14. The van der Waals surface area contributed by atoms with Crippen LogP contribution in [0, 0.1) is 19.7 Å². The molecule has 1 aromatic rings. The van der Waals surface area contributed by atoms with Crippen molar-refractivity contribution in [1.29, 1.82) is 0 Å². The van der Waals surface area contributed by atoms with Crippen LogP contribution in [0.25, 0.3) is 0 Å². The highest BCUT2D eigenvalue weighted by molar-refractivity contribution is 7.89. The number of aryl methyl sites for hydroxylation is 2. The third-order valence-electron chi connectivity index (χ3n) is 4.35. The highest BCUT2D eigenvalue weighted by atomic mass is 32.2. The van der Waals surface area contributed by atoms with Gasteiger partial charge in [0.25, 0.3) is 0 Å². The zero-order valence-corrected chi connectivity index (χ0v) is 13.7. The van der Waals surface area contributed by atoms with Gasteiger partial charge in [-0.1, -0.05) is 0 Å². The number of hydrogen-bond acceptors (Lipinski definition) is 5. The van der Waals surface area contributed by atoms with Crippen LogP contribution < -0.4 is 4.90 Å². The minimum absolute atomic E-state index is 0.0868. The van der Waals surface area contributed by atoms with Crippen molar-refractivity contribution in [3.05, 3.63) is 17.3 Å². The third-order valence-corrected chi connectivity index (χ3v) is 6.35. The van der Waals surface area contributed by atoms with Gasteiger partial charge >= 0.3 is 0 Å². The second kappa shape index (κ2) is 5.73. The molecule has 2 aliphatic rings. The molecule has 0 bridgehead atoms. The van der Waals surface area contributed by atoms with Crippen LogP contribution in [0.3, 0.4) is 0 Å². The largest absolute Gasteiger partial charge is 0.352 e. The number of sulfonamides is 1.